The minimum atomic E-state index is -0.286. The number of rotatable bonds is 12. The Morgan fingerprint density at radius 2 is 2.14 bits per heavy atom. The van der Waals surface area contributed by atoms with Crippen LogP contribution in [-0.4, -0.2) is 25.3 Å². The predicted octanol–water partition coefficient (Wildman–Crippen LogP) is 3.74. The maximum absolute atomic E-state index is 12.5. The first-order valence-electron chi connectivity index (χ1n) is 8.17. The van der Waals surface area contributed by atoms with Crippen molar-refractivity contribution in [2.75, 3.05) is 6.61 Å². The van der Waals surface area contributed by atoms with Gasteiger partial charge in [0.1, 0.15) is 5.76 Å². The zero-order valence-electron chi connectivity index (χ0n) is 14.2. The van der Waals surface area contributed by atoms with Crippen molar-refractivity contribution in [3.05, 3.63) is 25.0 Å². The molecule has 0 saturated heterocycles. The molecule has 0 bridgehead atoms. The van der Waals surface area contributed by atoms with E-state index in [4.69, 9.17) is 4.74 Å². The standard InChI is InChI=1S/C17H29BN2O2/c1-6-10-11-16(14(5)22-9-4)20-17(21)15(8-3)18(13-19)12-7-2/h6,15-16H,1,5,7-12H2,2-4H3,(H,20,21). The van der Waals surface area contributed by atoms with E-state index in [0.29, 0.717) is 25.2 Å². The van der Waals surface area contributed by atoms with Crippen LogP contribution in [-0.2, 0) is 9.53 Å². The number of hydrogen-bond donors (Lipinski definition) is 1. The Labute approximate surface area is 135 Å². The van der Waals surface area contributed by atoms with Crippen molar-refractivity contribution in [2.45, 2.75) is 64.6 Å². The number of amides is 1. The lowest BCUT2D eigenvalue weighted by atomic mass is 9.39. The molecule has 0 fully saturated rings. The van der Waals surface area contributed by atoms with Crippen molar-refractivity contribution in [3.8, 4) is 5.97 Å². The number of ether oxygens (including phenoxy) is 1. The average Bonchev–Trinajstić information content (AvgIpc) is 2.51. The number of nitrogens with zero attached hydrogens (tertiary/aromatic N) is 1. The monoisotopic (exact) mass is 304 g/mol. The van der Waals surface area contributed by atoms with Crippen LogP contribution in [0.3, 0.4) is 0 Å². The number of hydrogen-bond acceptors (Lipinski definition) is 3. The highest BCUT2D eigenvalue weighted by Gasteiger charge is 2.31. The molecular weight excluding hydrogens is 275 g/mol. The molecule has 0 aliphatic carbocycles. The largest absolute Gasteiger partial charge is 0.497 e. The number of carbonyl (C=O) groups is 1. The molecule has 0 aromatic carbocycles. The Morgan fingerprint density at radius 1 is 1.45 bits per heavy atom. The fraction of sp³-hybridized carbons (Fsp3) is 0.647. The lowest BCUT2D eigenvalue weighted by Gasteiger charge is -2.24. The summed E-state index contributed by atoms with van der Waals surface area (Å²) in [6.45, 7) is 13.7. The van der Waals surface area contributed by atoms with E-state index in [0.717, 1.165) is 19.2 Å². The SMILES string of the molecule is C=CCCC(NC(=O)C(CC)B(C#N)CCC)C(=C)OCC. The molecule has 4 nitrogen and oxygen atoms in total. The summed E-state index contributed by atoms with van der Waals surface area (Å²) < 4.78 is 5.44. The summed E-state index contributed by atoms with van der Waals surface area (Å²) in [7, 11) is 0. The van der Waals surface area contributed by atoms with Gasteiger partial charge in [0.2, 0.25) is 5.91 Å². The van der Waals surface area contributed by atoms with Gasteiger partial charge in [-0.05, 0) is 19.8 Å². The molecule has 0 rings (SSSR count). The third-order valence-electron chi connectivity index (χ3n) is 3.72. The van der Waals surface area contributed by atoms with Crippen LogP contribution in [0.5, 0.6) is 0 Å². The first kappa shape index (κ1) is 20.3. The third kappa shape index (κ3) is 6.84. The summed E-state index contributed by atoms with van der Waals surface area (Å²) in [5, 5.41) is 12.3. The first-order chi connectivity index (χ1) is 10.5. The van der Waals surface area contributed by atoms with E-state index >= 15 is 0 Å². The fourth-order valence-corrected chi connectivity index (χ4v) is 2.48. The molecule has 2 atom stereocenters. The van der Waals surface area contributed by atoms with Crippen molar-refractivity contribution in [1.29, 1.82) is 5.26 Å². The number of carbonyl (C=O) groups excluding carboxylic acids is 1. The first-order valence-corrected chi connectivity index (χ1v) is 8.17. The molecule has 1 amide bonds. The van der Waals surface area contributed by atoms with Gasteiger partial charge < -0.3 is 10.1 Å². The molecule has 2 unspecified atom stereocenters. The Morgan fingerprint density at radius 3 is 2.59 bits per heavy atom. The van der Waals surface area contributed by atoms with Gasteiger partial charge in [-0.15, -0.1) is 6.58 Å². The van der Waals surface area contributed by atoms with Gasteiger partial charge in [-0.2, -0.15) is 0 Å². The Hall–Kier alpha value is -1.70. The van der Waals surface area contributed by atoms with E-state index in [1.165, 1.54) is 0 Å². The van der Waals surface area contributed by atoms with Crippen LogP contribution in [0.15, 0.2) is 25.0 Å². The van der Waals surface area contributed by atoms with E-state index in [2.05, 4.69) is 24.4 Å². The van der Waals surface area contributed by atoms with Gasteiger partial charge in [0, 0.05) is 11.8 Å². The van der Waals surface area contributed by atoms with Crippen LogP contribution in [0.2, 0.25) is 12.1 Å². The van der Waals surface area contributed by atoms with Gasteiger partial charge in [0.15, 0.2) is 0 Å². The Bertz CT molecular complexity index is 404. The molecule has 122 valence electrons. The highest BCUT2D eigenvalue weighted by atomic mass is 16.5. The summed E-state index contributed by atoms with van der Waals surface area (Å²) in [6.07, 6.45) is 5.57. The number of allylic oxidation sites excluding steroid dienone is 1. The lowest BCUT2D eigenvalue weighted by molar-refractivity contribution is -0.121. The highest BCUT2D eigenvalue weighted by Crippen LogP contribution is 2.21. The summed E-state index contributed by atoms with van der Waals surface area (Å²) >= 11 is 0. The number of nitriles is 1. The number of nitrogens with one attached hydrogen (secondary N) is 1. The van der Waals surface area contributed by atoms with E-state index in [1.807, 2.05) is 26.8 Å². The van der Waals surface area contributed by atoms with Crippen LogP contribution in [0.25, 0.3) is 0 Å². The van der Waals surface area contributed by atoms with Gasteiger partial charge >= 0.3 is 0 Å². The summed E-state index contributed by atoms with van der Waals surface area (Å²) in [6, 6.07) is -0.236. The van der Waals surface area contributed by atoms with Gasteiger partial charge in [0.05, 0.1) is 12.6 Å². The second-order valence-corrected chi connectivity index (χ2v) is 5.37. The summed E-state index contributed by atoms with van der Waals surface area (Å²) in [5.41, 5.74) is 0. The lowest BCUT2D eigenvalue weighted by Crippen LogP contribution is -2.42. The van der Waals surface area contributed by atoms with E-state index < -0.39 is 0 Å². The van der Waals surface area contributed by atoms with Gasteiger partial charge in [-0.25, -0.2) is 5.26 Å². The average molecular weight is 304 g/mol. The molecule has 0 spiro atoms. The topological polar surface area (TPSA) is 62.1 Å². The predicted molar refractivity (Wildman–Crippen MR) is 92.6 cm³/mol. The van der Waals surface area contributed by atoms with E-state index in [-0.39, 0.29) is 24.5 Å². The minimum Gasteiger partial charge on any atom is -0.497 e. The molecule has 5 heteroatoms. The maximum atomic E-state index is 12.5. The molecule has 0 aliphatic heterocycles. The molecule has 0 heterocycles. The van der Waals surface area contributed by atoms with Crippen LogP contribution in [0.1, 0.15) is 46.5 Å². The second-order valence-electron chi connectivity index (χ2n) is 5.37. The zero-order valence-corrected chi connectivity index (χ0v) is 14.2. The van der Waals surface area contributed by atoms with E-state index in [1.54, 1.807) is 0 Å². The Kier molecular flexibility index (Phi) is 11.0. The van der Waals surface area contributed by atoms with Gasteiger partial charge in [-0.1, -0.05) is 45.7 Å². The molecule has 0 radical (unpaired) electrons. The highest BCUT2D eigenvalue weighted by molar-refractivity contribution is 6.71. The van der Waals surface area contributed by atoms with Crippen molar-refractivity contribution in [2.24, 2.45) is 0 Å². The molecule has 0 aliphatic rings. The van der Waals surface area contributed by atoms with E-state index in [9.17, 15) is 10.1 Å². The molecule has 0 aromatic heterocycles. The normalized spacial score (nSPS) is 12.6. The molecule has 22 heavy (non-hydrogen) atoms. The quantitative estimate of drug-likeness (QED) is 0.339. The van der Waals surface area contributed by atoms with Crippen molar-refractivity contribution in [3.63, 3.8) is 0 Å². The third-order valence-corrected chi connectivity index (χ3v) is 3.72. The molecule has 1 N–H and O–H groups in total. The van der Waals surface area contributed by atoms with Gasteiger partial charge in [-0.3, -0.25) is 4.79 Å². The summed E-state index contributed by atoms with van der Waals surface area (Å²) in [4.78, 5) is 12.5. The molecule has 0 saturated carbocycles. The maximum Gasteiger partial charge on any atom is 0.280 e. The summed E-state index contributed by atoms with van der Waals surface area (Å²) in [5.74, 6) is 2.47. The fourth-order valence-electron chi connectivity index (χ4n) is 2.48. The van der Waals surface area contributed by atoms with Crippen molar-refractivity contribution in [1.82, 2.24) is 5.32 Å². The molecular formula is C17H29BN2O2. The van der Waals surface area contributed by atoms with Crippen LogP contribution >= 0.6 is 0 Å². The van der Waals surface area contributed by atoms with Crippen LogP contribution < -0.4 is 5.32 Å². The van der Waals surface area contributed by atoms with Gasteiger partial charge in [0.25, 0.3) is 6.71 Å². The van der Waals surface area contributed by atoms with Crippen molar-refractivity contribution < 1.29 is 9.53 Å². The molecule has 0 aromatic rings. The minimum absolute atomic E-state index is 0.0857. The van der Waals surface area contributed by atoms with Crippen LogP contribution in [0.4, 0.5) is 0 Å². The smallest absolute Gasteiger partial charge is 0.280 e. The van der Waals surface area contributed by atoms with Crippen LogP contribution in [0, 0.1) is 11.2 Å². The van der Waals surface area contributed by atoms with Crippen molar-refractivity contribution >= 4 is 12.6 Å². The second kappa shape index (κ2) is 11.9. The zero-order chi connectivity index (χ0) is 17.0. The Balaban J connectivity index is 4.92.